The first-order chi connectivity index (χ1) is 7.71. The van der Waals surface area contributed by atoms with E-state index in [4.69, 9.17) is 4.74 Å². The summed E-state index contributed by atoms with van der Waals surface area (Å²) in [7, 11) is 1.59. The smallest absolute Gasteiger partial charge is 0.133 e. The summed E-state index contributed by atoms with van der Waals surface area (Å²) >= 11 is 0. The minimum absolute atomic E-state index is 0.105. The highest BCUT2D eigenvalue weighted by molar-refractivity contribution is 5.82. The van der Waals surface area contributed by atoms with Gasteiger partial charge in [0, 0.05) is 18.8 Å². The molecule has 0 amide bonds. The maximum Gasteiger partial charge on any atom is 0.133 e. The van der Waals surface area contributed by atoms with Gasteiger partial charge in [-0.05, 0) is 17.7 Å². The molecule has 0 aliphatic rings. The number of ether oxygens (including phenoxy) is 1. The number of hydrogen-bond donors (Lipinski definition) is 0. The SMILES string of the molecule is CCC(=O)CC(C=O)c1ccc(OC)cc1. The molecular weight excluding hydrogens is 204 g/mol. The molecule has 0 radical (unpaired) electrons. The second-order valence-corrected chi connectivity index (χ2v) is 3.61. The molecule has 16 heavy (non-hydrogen) atoms. The lowest BCUT2D eigenvalue weighted by molar-refractivity contribution is -0.121. The third kappa shape index (κ3) is 3.19. The fourth-order valence-corrected chi connectivity index (χ4v) is 1.49. The molecule has 86 valence electrons. The van der Waals surface area contributed by atoms with Crippen molar-refractivity contribution in [3.05, 3.63) is 29.8 Å². The normalized spacial score (nSPS) is 11.9. The van der Waals surface area contributed by atoms with Crippen LogP contribution in [0.5, 0.6) is 5.75 Å². The Balaban J connectivity index is 2.78. The minimum atomic E-state index is -0.335. The van der Waals surface area contributed by atoms with E-state index in [1.54, 1.807) is 26.2 Å². The Morgan fingerprint density at radius 2 is 2.00 bits per heavy atom. The summed E-state index contributed by atoms with van der Waals surface area (Å²) in [6, 6.07) is 7.23. The number of aldehydes is 1. The van der Waals surface area contributed by atoms with Crippen LogP contribution in [0.15, 0.2) is 24.3 Å². The van der Waals surface area contributed by atoms with Crippen molar-refractivity contribution in [3.63, 3.8) is 0 Å². The third-order valence-corrected chi connectivity index (χ3v) is 2.55. The van der Waals surface area contributed by atoms with Gasteiger partial charge in [-0.15, -0.1) is 0 Å². The predicted molar refractivity (Wildman–Crippen MR) is 61.7 cm³/mol. The van der Waals surface area contributed by atoms with Gasteiger partial charge in [-0.1, -0.05) is 19.1 Å². The molecule has 0 bridgehead atoms. The van der Waals surface area contributed by atoms with Crippen molar-refractivity contribution >= 4 is 12.1 Å². The molecule has 1 atom stereocenters. The van der Waals surface area contributed by atoms with Gasteiger partial charge in [0.15, 0.2) is 0 Å². The van der Waals surface area contributed by atoms with Gasteiger partial charge in [0.05, 0.1) is 7.11 Å². The lowest BCUT2D eigenvalue weighted by atomic mass is 9.94. The molecule has 0 heterocycles. The average molecular weight is 220 g/mol. The third-order valence-electron chi connectivity index (χ3n) is 2.55. The standard InChI is InChI=1S/C13H16O3/c1-3-12(15)8-11(9-14)10-4-6-13(16-2)7-5-10/h4-7,9,11H,3,8H2,1-2H3. The van der Waals surface area contributed by atoms with Crippen LogP contribution in [0.2, 0.25) is 0 Å². The van der Waals surface area contributed by atoms with E-state index in [2.05, 4.69) is 0 Å². The lowest BCUT2D eigenvalue weighted by Crippen LogP contribution is -2.07. The van der Waals surface area contributed by atoms with Crippen LogP contribution in [0.4, 0.5) is 0 Å². The maximum atomic E-state index is 11.3. The molecule has 0 N–H and O–H groups in total. The van der Waals surface area contributed by atoms with Crippen molar-refractivity contribution in [3.8, 4) is 5.75 Å². The van der Waals surface area contributed by atoms with E-state index in [1.807, 2.05) is 12.1 Å². The molecule has 3 nitrogen and oxygen atoms in total. The first-order valence-electron chi connectivity index (χ1n) is 5.32. The highest BCUT2D eigenvalue weighted by Gasteiger charge is 2.14. The van der Waals surface area contributed by atoms with Crippen LogP contribution >= 0.6 is 0 Å². The van der Waals surface area contributed by atoms with E-state index >= 15 is 0 Å². The van der Waals surface area contributed by atoms with Gasteiger partial charge < -0.3 is 9.53 Å². The lowest BCUT2D eigenvalue weighted by Gasteiger charge is -2.09. The Morgan fingerprint density at radius 1 is 1.38 bits per heavy atom. The second kappa shape index (κ2) is 6.05. The first kappa shape index (κ1) is 12.4. The summed E-state index contributed by atoms with van der Waals surface area (Å²) in [5, 5.41) is 0. The molecule has 0 aliphatic heterocycles. The van der Waals surface area contributed by atoms with E-state index in [0.717, 1.165) is 17.6 Å². The molecular formula is C13H16O3. The molecule has 0 spiro atoms. The summed E-state index contributed by atoms with van der Waals surface area (Å²) < 4.78 is 5.03. The van der Waals surface area contributed by atoms with Crippen molar-refractivity contribution in [1.82, 2.24) is 0 Å². The second-order valence-electron chi connectivity index (χ2n) is 3.61. The number of carbonyl (C=O) groups is 2. The highest BCUT2D eigenvalue weighted by atomic mass is 16.5. The van der Waals surface area contributed by atoms with Crippen LogP contribution in [0, 0.1) is 0 Å². The van der Waals surface area contributed by atoms with E-state index in [-0.39, 0.29) is 18.1 Å². The Morgan fingerprint density at radius 3 is 2.44 bits per heavy atom. The van der Waals surface area contributed by atoms with Gasteiger partial charge in [-0.2, -0.15) is 0 Å². The average Bonchev–Trinajstić information content (AvgIpc) is 2.35. The van der Waals surface area contributed by atoms with E-state index < -0.39 is 0 Å². The van der Waals surface area contributed by atoms with Crippen LogP contribution in [0.25, 0.3) is 0 Å². The van der Waals surface area contributed by atoms with Crippen LogP contribution in [-0.4, -0.2) is 19.2 Å². The van der Waals surface area contributed by atoms with Crippen molar-refractivity contribution in [1.29, 1.82) is 0 Å². The number of hydrogen-bond acceptors (Lipinski definition) is 3. The molecule has 1 aromatic rings. The van der Waals surface area contributed by atoms with Gasteiger partial charge in [-0.25, -0.2) is 0 Å². The number of benzene rings is 1. The molecule has 0 aromatic heterocycles. The molecule has 1 aromatic carbocycles. The topological polar surface area (TPSA) is 43.4 Å². The van der Waals surface area contributed by atoms with Crippen LogP contribution in [0.3, 0.4) is 0 Å². The Kier molecular flexibility index (Phi) is 4.70. The van der Waals surface area contributed by atoms with Crippen LogP contribution < -0.4 is 4.74 Å². The van der Waals surface area contributed by atoms with Crippen LogP contribution in [0.1, 0.15) is 31.2 Å². The Bertz CT molecular complexity index is 354. The van der Waals surface area contributed by atoms with Crippen molar-refractivity contribution in [2.24, 2.45) is 0 Å². The molecule has 0 saturated carbocycles. The van der Waals surface area contributed by atoms with Gasteiger partial charge in [0.2, 0.25) is 0 Å². The Labute approximate surface area is 95.4 Å². The fraction of sp³-hybridized carbons (Fsp3) is 0.385. The summed E-state index contributed by atoms with van der Waals surface area (Å²) in [6.07, 6.45) is 1.59. The first-order valence-corrected chi connectivity index (χ1v) is 5.32. The summed E-state index contributed by atoms with van der Waals surface area (Å²) in [5.74, 6) is 0.515. The quantitative estimate of drug-likeness (QED) is 0.691. The number of methoxy groups -OCH3 is 1. The molecule has 3 heteroatoms. The van der Waals surface area contributed by atoms with E-state index in [1.165, 1.54) is 0 Å². The predicted octanol–water partition coefficient (Wildman–Crippen LogP) is 2.35. The largest absolute Gasteiger partial charge is 0.497 e. The number of rotatable bonds is 6. The van der Waals surface area contributed by atoms with Crippen LogP contribution in [-0.2, 0) is 9.59 Å². The molecule has 0 saturated heterocycles. The maximum absolute atomic E-state index is 11.3. The van der Waals surface area contributed by atoms with Gasteiger partial charge in [0.1, 0.15) is 17.8 Å². The number of carbonyl (C=O) groups excluding carboxylic acids is 2. The summed E-state index contributed by atoms with van der Waals surface area (Å²) in [6.45, 7) is 1.80. The Hall–Kier alpha value is -1.64. The monoisotopic (exact) mass is 220 g/mol. The number of ketones is 1. The summed E-state index contributed by atoms with van der Waals surface area (Å²) in [5.41, 5.74) is 0.859. The van der Waals surface area contributed by atoms with Crippen molar-refractivity contribution in [2.75, 3.05) is 7.11 Å². The highest BCUT2D eigenvalue weighted by Crippen LogP contribution is 2.21. The molecule has 1 rings (SSSR count). The fourth-order valence-electron chi connectivity index (χ4n) is 1.49. The molecule has 0 aliphatic carbocycles. The van der Waals surface area contributed by atoms with Crippen molar-refractivity contribution < 1.29 is 14.3 Å². The zero-order valence-corrected chi connectivity index (χ0v) is 9.60. The van der Waals surface area contributed by atoms with Gasteiger partial charge >= 0.3 is 0 Å². The van der Waals surface area contributed by atoms with E-state index in [0.29, 0.717) is 6.42 Å². The molecule has 0 fully saturated rings. The van der Waals surface area contributed by atoms with Crippen molar-refractivity contribution in [2.45, 2.75) is 25.7 Å². The van der Waals surface area contributed by atoms with Gasteiger partial charge in [0.25, 0.3) is 0 Å². The zero-order chi connectivity index (χ0) is 12.0. The zero-order valence-electron chi connectivity index (χ0n) is 9.60. The van der Waals surface area contributed by atoms with Gasteiger partial charge in [-0.3, -0.25) is 4.79 Å². The summed E-state index contributed by atoms with van der Waals surface area (Å²) in [4.78, 5) is 22.2. The number of Topliss-reactive ketones (excluding diaryl/α,β-unsaturated/α-hetero) is 1. The van der Waals surface area contributed by atoms with E-state index in [9.17, 15) is 9.59 Å². The minimum Gasteiger partial charge on any atom is -0.497 e. The molecule has 1 unspecified atom stereocenters.